The van der Waals surface area contributed by atoms with E-state index in [4.69, 9.17) is 0 Å². The van der Waals surface area contributed by atoms with Crippen molar-refractivity contribution in [2.45, 2.75) is 0 Å². The van der Waals surface area contributed by atoms with Crippen LogP contribution in [0.4, 0.5) is 0 Å². The Morgan fingerprint density at radius 2 is 1.56 bits per heavy atom. The largest absolute Gasteiger partial charge is 0.0984 e. The summed E-state index contributed by atoms with van der Waals surface area (Å²) in [6.07, 6.45) is 3.85. The van der Waals surface area contributed by atoms with Crippen molar-refractivity contribution < 1.29 is 0 Å². The van der Waals surface area contributed by atoms with Crippen LogP contribution in [0.3, 0.4) is 0 Å². The van der Waals surface area contributed by atoms with Gasteiger partial charge in [-0.05, 0) is 38.7 Å². The minimum absolute atomic E-state index is 1.16. The van der Waals surface area contributed by atoms with Gasteiger partial charge in [0.1, 0.15) is 0 Å². The number of fused-ring (bicyclic) bond motifs is 2. The number of hydrogen-bond donors (Lipinski definition) is 0. The van der Waals surface area contributed by atoms with Gasteiger partial charge in [-0.2, -0.15) is 0 Å². The van der Waals surface area contributed by atoms with E-state index < -0.39 is 0 Å². The maximum absolute atomic E-state index is 3.97. The van der Waals surface area contributed by atoms with E-state index in [0.29, 0.717) is 0 Å². The zero-order chi connectivity index (χ0) is 12.5. The molecule has 0 saturated carbocycles. The van der Waals surface area contributed by atoms with Crippen LogP contribution in [-0.2, 0) is 0 Å². The molecule has 3 rings (SSSR count). The van der Waals surface area contributed by atoms with E-state index >= 15 is 0 Å². The highest BCUT2D eigenvalue weighted by Gasteiger charge is 2.06. The molecular weight excluding hydrogens is 216 g/mol. The second kappa shape index (κ2) is 4.15. The highest BCUT2D eigenvalue weighted by atomic mass is 14.1. The first-order chi connectivity index (χ1) is 8.85. The molecule has 0 N–H and O–H groups in total. The monoisotopic (exact) mass is 230 g/mol. The van der Waals surface area contributed by atoms with Crippen LogP contribution < -0.4 is 0 Å². The average molecular weight is 230 g/mol. The Morgan fingerprint density at radius 1 is 0.778 bits per heavy atom. The van der Waals surface area contributed by atoms with E-state index in [1.165, 1.54) is 27.1 Å². The summed E-state index contributed by atoms with van der Waals surface area (Å²) < 4.78 is 0. The average Bonchev–Trinajstić information content (AvgIpc) is 2.44. The Bertz CT molecular complexity index is 763. The first-order valence-electron chi connectivity index (χ1n) is 6.04. The van der Waals surface area contributed by atoms with Gasteiger partial charge in [-0.3, -0.25) is 0 Å². The molecule has 18 heavy (non-hydrogen) atoms. The minimum atomic E-state index is 1.16. The molecule has 0 aliphatic rings. The number of hydrogen-bond acceptors (Lipinski definition) is 0. The Labute approximate surface area is 107 Å². The molecule has 0 unspecified atom stereocenters. The summed E-state index contributed by atoms with van der Waals surface area (Å²) >= 11 is 0. The van der Waals surface area contributed by atoms with Crippen molar-refractivity contribution in [1.29, 1.82) is 0 Å². The predicted molar refractivity (Wildman–Crippen MR) is 81.6 cm³/mol. The van der Waals surface area contributed by atoms with E-state index in [0.717, 1.165) is 5.56 Å². The first-order valence-corrected chi connectivity index (χ1v) is 6.04. The van der Waals surface area contributed by atoms with E-state index in [1.54, 1.807) is 0 Å². The molecule has 0 aliphatic carbocycles. The van der Waals surface area contributed by atoms with E-state index in [-0.39, 0.29) is 0 Å². The summed E-state index contributed by atoms with van der Waals surface area (Å²) in [6, 6.07) is 17.0. The molecule has 0 spiro atoms. The molecule has 0 bridgehead atoms. The molecule has 0 nitrogen and oxygen atoms in total. The smallest absolute Gasteiger partial charge is 0.00328 e. The topological polar surface area (TPSA) is 0 Å². The van der Waals surface area contributed by atoms with Gasteiger partial charge in [-0.1, -0.05) is 67.8 Å². The van der Waals surface area contributed by atoms with Gasteiger partial charge in [-0.15, -0.1) is 0 Å². The van der Waals surface area contributed by atoms with Gasteiger partial charge < -0.3 is 0 Å². The lowest BCUT2D eigenvalue weighted by atomic mass is 9.93. The van der Waals surface area contributed by atoms with Crippen LogP contribution >= 0.6 is 0 Å². The highest BCUT2D eigenvalue weighted by molar-refractivity contribution is 6.09. The summed E-state index contributed by atoms with van der Waals surface area (Å²) in [5.41, 5.74) is 2.35. The maximum atomic E-state index is 3.97. The molecule has 0 heteroatoms. The molecule has 0 aromatic heterocycles. The number of benzene rings is 3. The zero-order valence-electron chi connectivity index (χ0n) is 10.2. The predicted octanol–water partition coefficient (Wildman–Crippen LogP) is 5.28. The summed E-state index contributed by atoms with van der Waals surface area (Å²) in [7, 11) is 0. The summed E-state index contributed by atoms with van der Waals surface area (Å²) in [6.45, 7) is 7.87. The zero-order valence-corrected chi connectivity index (χ0v) is 10.2. The van der Waals surface area contributed by atoms with Crippen LogP contribution in [0.1, 0.15) is 11.1 Å². The van der Waals surface area contributed by atoms with Crippen molar-refractivity contribution in [3.05, 3.63) is 72.8 Å². The molecule has 3 aromatic carbocycles. The van der Waals surface area contributed by atoms with Gasteiger partial charge in [0.25, 0.3) is 0 Å². The second-order valence-corrected chi connectivity index (χ2v) is 4.36. The van der Waals surface area contributed by atoms with Gasteiger partial charge >= 0.3 is 0 Å². The molecule has 0 saturated heterocycles. The van der Waals surface area contributed by atoms with Crippen molar-refractivity contribution in [2.75, 3.05) is 0 Å². The lowest BCUT2D eigenvalue weighted by molar-refractivity contribution is 1.71. The molecule has 86 valence electrons. The Balaban J connectivity index is 2.63. The van der Waals surface area contributed by atoms with E-state index in [1.807, 2.05) is 12.2 Å². The molecule has 0 fully saturated rings. The standard InChI is InChI=1S/C18H14/c1-3-13-9-7-10-15-12-14-8-5-6-11-17(14)16(4-2)18(13)15/h3-12H,1-2H2. The maximum Gasteiger partial charge on any atom is -0.00328 e. The normalized spacial score (nSPS) is 10.7. The SMILES string of the molecule is C=Cc1cccc2cc3ccccc3c(C=C)c12. The van der Waals surface area contributed by atoms with Crippen molar-refractivity contribution >= 4 is 33.7 Å². The molecule has 0 aliphatic heterocycles. The first kappa shape index (κ1) is 10.8. The lowest BCUT2D eigenvalue weighted by Gasteiger charge is -2.10. The fourth-order valence-electron chi connectivity index (χ4n) is 2.57. The summed E-state index contributed by atoms with van der Waals surface area (Å²) in [5, 5.41) is 4.97. The Kier molecular flexibility index (Phi) is 2.49. The van der Waals surface area contributed by atoms with Crippen LogP contribution in [0.2, 0.25) is 0 Å². The molecule has 0 atom stereocenters. The van der Waals surface area contributed by atoms with Gasteiger partial charge in [0.15, 0.2) is 0 Å². The molecule has 0 heterocycles. The van der Waals surface area contributed by atoms with Crippen LogP contribution in [-0.4, -0.2) is 0 Å². The van der Waals surface area contributed by atoms with Crippen molar-refractivity contribution in [1.82, 2.24) is 0 Å². The summed E-state index contributed by atoms with van der Waals surface area (Å²) in [5.74, 6) is 0. The Hall–Kier alpha value is -2.34. The summed E-state index contributed by atoms with van der Waals surface area (Å²) in [4.78, 5) is 0. The van der Waals surface area contributed by atoms with Crippen molar-refractivity contribution in [2.24, 2.45) is 0 Å². The van der Waals surface area contributed by atoms with Gasteiger partial charge in [-0.25, -0.2) is 0 Å². The van der Waals surface area contributed by atoms with Crippen LogP contribution in [0, 0.1) is 0 Å². The Morgan fingerprint density at radius 3 is 2.33 bits per heavy atom. The van der Waals surface area contributed by atoms with Crippen molar-refractivity contribution in [3.63, 3.8) is 0 Å². The van der Waals surface area contributed by atoms with Crippen LogP contribution in [0.25, 0.3) is 33.7 Å². The molecule has 3 aromatic rings. The van der Waals surface area contributed by atoms with Gasteiger partial charge in [0.2, 0.25) is 0 Å². The molecular formula is C18H14. The van der Waals surface area contributed by atoms with Crippen LogP contribution in [0.5, 0.6) is 0 Å². The third-order valence-electron chi connectivity index (χ3n) is 3.38. The lowest BCUT2D eigenvalue weighted by Crippen LogP contribution is -1.86. The quantitative estimate of drug-likeness (QED) is 0.525. The third-order valence-corrected chi connectivity index (χ3v) is 3.38. The highest BCUT2D eigenvalue weighted by Crippen LogP contribution is 2.31. The van der Waals surface area contributed by atoms with E-state index in [2.05, 4.69) is 61.7 Å². The van der Waals surface area contributed by atoms with E-state index in [9.17, 15) is 0 Å². The molecule has 0 radical (unpaired) electrons. The van der Waals surface area contributed by atoms with Crippen molar-refractivity contribution in [3.8, 4) is 0 Å². The third kappa shape index (κ3) is 1.46. The number of rotatable bonds is 2. The minimum Gasteiger partial charge on any atom is -0.0984 e. The van der Waals surface area contributed by atoms with Crippen LogP contribution in [0.15, 0.2) is 61.7 Å². The fourth-order valence-corrected chi connectivity index (χ4v) is 2.57. The second-order valence-electron chi connectivity index (χ2n) is 4.36. The molecule has 0 amide bonds. The van der Waals surface area contributed by atoms with Gasteiger partial charge in [0.05, 0.1) is 0 Å². The fraction of sp³-hybridized carbons (Fsp3) is 0. The van der Waals surface area contributed by atoms with Gasteiger partial charge in [0, 0.05) is 0 Å².